The van der Waals surface area contributed by atoms with Gasteiger partial charge in [0.2, 0.25) is 0 Å². The van der Waals surface area contributed by atoms with Crippen LogP contribution in [-0.4, -0.2) is 20.9 Å². The van der Waals surface area contributed by atoms with Crippen LogP contribution in [0.4, 0.5) is 0 Å². The molecule has 140 valence electrons. The van der Waals surface area contributed by atoms with Gasteiger partial charge in [-0.3, -0.25) is 4.79 Å². The first-order chi connectivity index (χ1) is 12.8. The molecule has 0 radical (unpaired) electrons. The van der Waals surface area contributed by atoms with Crippen LogP contribution in [0.5, 0.6) is 0 Å². The van der Waals surface area contributed by atoms with Crippen LogP contribution >= 0.6 is 15.9 Å². The monoisotopic (exact) mass is 428 g/mol. The maximum atomic E-state index is 12.9. The van der Waals surface area contributed by atoms with Gasteiger partial charge in [-0.25, -0.2) is 4.79 Å². The van der Waals surface area contributed by atoms with Crippen LogP contribution in [0.25, 0.3) is 21.9 Å². The van der Waals surface area contributed by atoms with Crippen LogP contribution in [-0.2, 0) is 0 Å². The summed E-state index contributed by atoms with van der Waals surface area (Å²) in [6.45, 7) is 6.45. The van der Waals surface area contributed by atoms with Crippen LogP contribution in [0.3, 0.4) is 0 Å². The maximum absolute atomic E-state index is 12.9. The molecule has 1 aromatic carbocycles. The minimum atomic E-state index is -0.535. The van der Waals surface area contributed by atoms with Crippen molar-refractivity contribution in [3.05, 3.63) is 55.2 Å². The number of nitrogens with one attached hydrogen (secondary N) is 2. The summed E-state index contributed by atoms with van der Waals surface area (Å²) in [7, 11) is 0. The van der Waals surface area contributed by atoms with Crippen LogP contribution in [0, 0.1) is 17.8 Å². The Labute approximate surface area is 164 Å². The lowest BCUT2D eigenvalue weighted by atomic mass is 9.76. The number of fused-ring (bicyclic) bond motifs is 3. The summed E-state index contributed by atoms with van der Waals surface area (Å²) in [5.74, 6) is 0.925. The normalized spacial score (nSPS) is 23.4. The van der Waals surface area contributed by atoms with Crippen LogP contribution < -0.4 is 11.2 Å². The Balaban J connectivity index is 1.82. The van der Waals surface area contributed by atoms with Gasteiger partial charge in [-0.15, -0.1) is 4.68 Å². The minimum absolute atomic E-state index is 0.189. The van der Waals surface area contributed by atoms with E-state index in [1.807, 2.05) is 18.2 Å². The molecule has 0 saturated carbocycles. The van der Waals surface area contributed by atoms with Gasteiger partial charge in [0.25, 0.3) is 0 Å². The molecule has 0 fully saturated rings. The molecule has 3 atom stereocenters. The molecule has 1 aliphatic rings. The number of halogens is 1. The summed E-state index contributed by atoms with van der Waals surface area (Å²) < 4.78 is 1.79. The number of hydrogen-bond donors (Lipinski definition) is 2. The summed E-state index contributed by atoms with van der Waals surface area (Å²) in [5.41, 5.74) is 2.04. The molecule has 7 heteroatoms. The van der Waals surface area contributed by atoms with E-state index < -0.39 is 11.2 Å². The van der Waals surface area contributed by atoms with Crippen LogP contribution in [0.15, 0.2) is 49.0 Å². The summed E-state index contributed by atoms with van der Waals surface area (Å²) in [5, 5.41) is 5.06. The van der Waals surface area contributed by atoms with Crippen LogP contribution in [0.2, 0.25) is 0 Å². The number of nitrogens with zero attached hydrogens (tertiary/aromatic N) is 2. The number of rotatable bonds is 2. The van der Waals surface area contributed by atoms with E-state index in [0.717, 1.165) is 26.5 Å². The van der Waals surface area contributed by atoms with Gasteiger partial charge in [-0.1, -0.05) is 41.4 Å². The first kappa shape index (κ1) is 18.0. The van der Waals surface area contributed by atoms with Gasteiger partial charge in [0.05, 0.1) is 5.52 Å². The van der Waals surface area contributed by atoms with E-state index in [1.165, 1.54) is 5.57 Å². The SMILES string of the molecule is CC1=C[C@H](C)[C@@H](/C=N\n2c(=O)[nH]c3c([nH]c4ccc(Br)cc43)c2=O)[C@H](C)C1. The van der Waals surface area contributed by atoms with Crippen molar-refractivity contribution in [3.63, 3.8) is 0 Å². The highest BCUT2D eigenvalue weighted by Crippen LogP contribution is 2.32. The molecule has 3 aromatic rings. The van der Waals surface area contributed by atoms with E-state index in [0.29, 0.717) is 22.9 Å². The zero-order chi connectivity index (χ0) is 19.3. The molecule has 0 amide bonds. The van der Waals surface area contributed by atoms with Crippen molar-refractivity contribution in [1.29, 1.82) is 0 Å². The fourth-order valence-corrected chi connectivity index (χ4v) is 4.49. The lowest BCUT2D eigenvalue weighted by Gasteiger charge is -2.29. The lowest BCUT2D eigenvalue weighted by Crippen LogP contribution is -2.33. The summed E-state index contributed by atoms with van der Waals surface area (Å²) in [6.07, 6.45) is 4.99. The number of aromatic amines is 2. The van der Waals surface area contributed by atoms with Gasteiger partial charge in [0.15, 0.2) is 0 Å². The van der Waals surface area contributed by atoms with Crippen molar-refractivity contribution in [2.75, 3.05) is 0 Å². The molecular weight excluding hydrogens is 408 g/mol. The maximum Gasteiger partial charge on any atom is 0.350 e. The van der Waals surface area contributed by atoms with E-state index in [-0.39, 0.29) is 5.92 Å². The van der Waals surface area contributed by atoms with Crippen molar-refractivity contribution < 1.29 is 0 Å². The van der Waals surface area contributed by atoms with E-state index in [4.69, 9.17) is 0 Å². The second-order valence-corrected chi connectivity index (χ2v) is 8.42. The zero-order valence-corrected chi connectivity index (χ0v) is 17.0. The summed E-state index contributed by atoms with van der Waals surface area (Å²) in [6, 6.07) is 5.62. The Bertz CT molecular complexity index is 1210. The van der Waals surface area contributed by atoms with Crippen LogP contribution in [0.1, 0.15) is 27.2 Å². The van der Waals surface area contributed by atoms with Gasteiger partial charge < -0.3 is 9.97 Å². The van der Waals surface area contributed by atoms with Crippen molar-refractivity contribution in [3.8, 4) is 0 Å². The van der Waals surface area contributed by atoms with Gasteiger partial charge in [0, 0.05) is 27.5 Å². The molecule has 6 nitrogen and oxygen atoms in total. The minimum Gasteiger partial charge on any atom is -0.349 e. The topological polar surface area (TPSA) is 83.0 Å². The number of allylic oxidation sites excluding steroid dienone is 2. The van der Waals surface area contributed by atoms with E-state index in [2.05, 4.69) is 57.8 Å². The predicted molar refractivity (Wildman–Crippen MR) is 112 cm³/mol. The average molecular weight is 429 g/mol. The molecule has 0 bridgehead atoms. The van der Waals surface area contributed by atoms with Crippen molar-refractivity contribution in [1.82, 2.24) is 14.6 Å². The van der Waals surface area contributed by atoms with Gasteiger partial charge in [-0.05, 0) is 43.4 Å². The predicted octanol–water partition coefficient (Wildman–Crippen LogP) is 4.01. The second-order valence-electron chi connectivity index (χ2n) is 7.51. The number of benzene rings is 1. The standard InChI is InChI=1S/C20H21BrN4O2/c1-10-6-11(2)15(12(3)7-10)9-22-25-19(26)18-17(24-20(25)27)14-8-13(21)4-5-16(14)23-18/h4-6,8-9,11-12,15,23H,7H2,1-3H3,(H,24,27)/b22-9-/t11-,12+,15+/m0/s1. The van der Waals surface area contributed by atoms with Gasteiger partial charge in [0.1, 0.15) is 5.52 Å². The molecule has 27 heavy (non-hydrogen) atoms. The third-order valence-corrected chi connectivity index (χ3v) is 5.89. The third-order valence-electron chi connectivity index (χ3n) is 5.40. The van der Waals surface area contributed by atoms with Crippen molar-refractivity contribution >= 4 is 44.1 Å². The molecular formula is C20H21BrN4O2. The van der Waals surface area contributed by atoms with E-state index >= 15 is 0 Å². The van der Waals surface area contributed by atoms with E-state index in [9.17, 15) is 9.59 Å². The summed E-state index contributed by atoms with van der Waals surface area (Å²) >= 11 is 3.42. The van der Waals surface area contributed by atoms with E-state index in [1.54, 1.807) is 6.21 Å². The molecule has 2 heterocycles. The largest absolute Gasteiger partial charge is 0.350 e. The fourth-order valence-electron chi connectivity index (χ4n) is 4.13. The van der Waals surface area contributed by atoms with Gasteiger partial charge >= 0.3 is 11.2 Å². The Hall–Kier alpha value is -2.41. The second kappa shape index (κ2) is 6.64. The zero-order valence-electron chi connectivity index (χ0n) is 15.4. The third kappa shape index (κ3) is 3.10. The molecule has 0 saturated heterocycles. The average Bonchev–Trinajstić information content (AvgIpc) is 2.94. The van der Waals surface area contributed by atoms with Gasteiger partial charge in [-0.2, -0.15) is 5.10 Å². The smallest absolute Gasteiger partial charge is 0.349 e. The fraction of sp³-hybridized carbons (Fsp3) is 0.350. The highest BCUT2D eigenvalue weighted by atomic mass is 79.9. The molecule has 1 aliphatic carbocycles. The lowest BCUT2D eigenvalue weighted by molar-refractivity contribution is 0.361. The Kier molecular flexibility index (Phi) is 4.42. The number of H-pyrrole nitrogens is 2. The molecule has 2 aromatic heterocycles. The Morgan fingerprint density at radius 2 is 2.00 bits per heavy atom. The number of aromatic nitrogens is 3. The Morgan fingerprint density at radius 1 is 1.22 bits per heavy atom. The molecule has 2 N–H and O–H groups in total. The first-order valence-corrected chi connectivity index (χ1v) is 9.82. The summed E-state index contributed by atoms with van der Waals surface area (Å²) in [4.78, 5) is 31.3. The Morgan fingerprint density at radius 3 is 2.74 bits per heavy atom. The highest BCUT2D eigenvalue weighted by molar-refractivity contribution is 9.10. The molecule has 0 aliphatic heterocycles. The quantitative estimate of drug-likeness (QED) is 0.477. The number of hydrogen-bond acceptors (Lipinski definition) is 3. The van der Waals surface area contributed by atoms with Crippen molar-refractivity contribution in [2.24, 2.45) is 22.9 Å². The molecule has 0 unspecified atom stereocenters. The highest BCUT2D eigenvalue weighted by Gasteiger charge is 2.25. The molecule has 0 spiro atoms. The molecule has 4 rings (SSSR count). The first-order valence-electron chi connectivity index (χ1n) is 9.03. The van der Waals surface area contributed by atoms with Crippen molar-refractivity contribution in [2.45, 2.75) is 27.2 Å².